The zero-order valence-corrected chi connectivity index (χ0v) is 12.4. The summed E-state index contributed by atoms with van der Waals surface area (Å²) in [6, 6.07) is 7.20. The first-order chi connectivity index (χ1) is 9.56. The molecule has 1 fully saturated rings. The molecule has 1 aliphatic carbocycles. The quantitative estimate of drug-likeness (QED) is 0.819. The molecule has 3 N–H and O–H groups in total. The summed E-state index contributed by atoms with van der Waals surface area (Å²) < 4.78 is 5.76. The molecule has 1 atom stereocenters. The molecule has 20 heavy (non-hydrogen) atoms. The number of benzene rings is 1. The summed E-state index contributed by atoms with van der Waals surface area (Å²) in [4.78, 5) is 12.4. The Kier molecular flexibility index (Phi) is 5.09. The molecule has 0 aromatic heterocycles. The van der Waals surface area contributed by atoms with Gasteiger partial charge >= 0.3 is 0 Å². The smallest absolute Gasteiger partial charge is 0.253 e. The van der Waals surface area contributed by atoms with Crippen LogP contribution < -0.4 is 11.1 Å². The monoisotopic (exact) mass is 292 g/mol. The molecule has 1 unspecified atom stereocenters. The second-order valence-corrected chi connectivity index (χ2v) is 5.56. The van der Waals surface area contributed by atoms with Gasteiger partial charge in [-0.05, 0) is 31.9 Å². The first-order valence-corrected chi connectivity index (χ1v) is 7.33. The number of thiocarbonyl (C=S) groups is 1. The maximum atomic E-state index is 12.1. The van der Waals surface area contributed by atoms with Gasteiger partial charge in [0.2, 0.25) is 0 Å². The summed E-state index contributed by atoms with van der Waals surface area (Å²) in [5, 5.41) is 2.83. The van der Waals surface area contributed by atoms with Crippen molar-refractivity contribution in [3.63, 3.8) is 0 Å². The van der Waals surface area contributed by atoms with Crippen LogP contribution in [0.1, 0.15) is 38.2 Å². The molecule has 1 amide bonds. The van der Waals surface area contributed by atoms with Gasteiger partial charge in [0.15, 0.2) is 0 Å². The Morgan fingerprint density at radius 2 is 2.15 bits per heavy atom. The molecule has 0 heterocycles. The van der Waals surface area contributed by atoms with Crippen molar-refractivity contribution in [2.75, 3.05) is 5.32 Å². The van der Waals surface area contributed by atoms with E-state index in [0.717, 1.165) is 18.4 Å². The molecule has 1 aliphatic rings. The van der Waals surface area contributed by atoms with Crippen LogP contribution in [0.15, 0.2) is 24.3 Å². The summed E-state index contributed by atoms with van der Waals surface area (Å²) in [5.74, 6) is -0.142. The van der Waals surface area contributed by atoms with Crippen molar-refractivity contribution in [2.45, 2.75) is 44.8 Å². The molecule has 0 saturated heterocycles. The van der Waals surface area contributed by atoms with Crippen LogP contribution >= 0.6 is 12.2 Å². The largest absolute Gasteiger partial charge is 0.389 e. The van der Waals surface area contributed by atoms with Gasteiger partial charge in [0.05, 0.1) is 6.10 Å². The van der Waals surface area contributed by atoms with E-state index in [1.807, 2.05) is 18.2 Å². The highest BCUT2D eigenvalue weighted by atomic mass is 32.1. The number of hydrogen-bond donors (Lipinski definition) is 2. The van der Waals surface area contributed by atoms with Gasteiger partial charge in [-0.2, -0.15) is 0 Å². The molecule has 0 bridgehead atoms. The van der Waals surface area contributed by atoms with Crippen molar-refractivity contribution in [3.8, 4) is 0 Å². The van der Waals surface area contributed by atoms with Gasteiger partial charge in [0.25, 0.3) is 5.91 Å². The van der Waals surface area contributed by atoms with Crippen molar-refractivity contribution < 1.29 is 9.53 Å². The van der Waals surface area contributed by atoms with Gasteiger partial charge in [-0.3, -0.25) is 4.79 Å². The molecule has 4 nitrogen and oxygen atoms in total. The lowest BCUT2D eigenvalue weighted by Crippen LogP contribution is -2.30. The first-order valence-electron chi connectivity index (χ1n) is 6.92. The molecule has 2 rings (SSSR count). The third kappa shape index (κ3) is 4.02. The minimum absolute atomic E-state index is 0.142. The number of nitrogens with one attached hydrogen (secondary N) is 1. The van der Waals surface area contributed by atoms with E-state index in [4.69, 9.17) is 22.7 Å². The molecule has 0 aliphatic heterocycles. The Bertz CT molecular complexity index is 498. The van der Waals surface area contributed by atoms with E-state index in [9.17, 15) is 4.79 Å². The average Bonchev–Trinajstić information content (AvgIpc) is 2.91. The number of carbonyl (C=O) groups is 1. The van der Waals surface area contributed by atoms with Crippen LogP contribution in [0.2, 0.25) is 0 Å². The van der Waals surface area contributed by atoms with Crippen molar-refractivity contribution in [1.29, 1.82) is 0 Å². The van der Waals surface area contributed by atoms with E-state index < -0.39 is 6.10 Å². The normalized spacial score (nSPS) is 16.9. The first kappa shape index (κ1) is 14.9. The highest BCUT2D eigenvalue weighted by Crippen LogP contribution is 2.22. The second-order valence-electron chi connectivity index (χ2n) is 5.12. The third-order valence-corrected chi connectivity index (χ3v) is 3.72. The molecule has 1 aromatic rings. The fourth-order valence-corrected chi connectivity index (χ4v) is 2.50. The minimum atomic E-state index is -0.452. The molecule has 108 valence electrons. The van der Waals surface area contributed by atoms with Gasteiger partial charge in [-0.1, -0.05) is 37.2 Å². The number of rotatable bonds is 5. The number of ether oxygens (including phenoxy) is 1. The van der Waals surface area contributed by atoms with Crippen LogP contribution in [0, 0.1) is 0 Å². The lowest BCUT2D eigenvalue weighted by Gasteiger charge is -2.18. The second kappa shape index (κ2) is 6.81. The van der Waals surface area contributed by atoms with E-state index in [-0.39, 0.29) is 12.0 Å². The number of carbonyl (C=O) groups excluding carboxylic acids is 1. The van der Waals surface area contributed by atoms with Crippen molar-refractivity contribution >= 4 is 28.8 Å². The fourth-order valence-electron chi connectivity index (χ4n) is 2.37. The standard InChI is InChI=1S/C15H20N2O2S/c1-10(19-13-7-2-3-8-13)15(18)17-12-6-4-5-11(9-12)14(16)20/h4-6,9-10,13H,2-3,7-8H2,1H3,(H2,16,20)(H,17,18). The van der Waals surface area contributed by atoms with Crippen LogP contribution in [-0.2, 0) is 9.53 Å². The van der Waals surface area contributed by atoms with Crippen LogP contribution in [0.3, 0.4) is 0 Å². The average molecular weight is 292 g/mol. The summed E-state index contributed by atoms with van der Waals surface area (Å²) in [6.45, 7) is 1.78. The van der Waals surface area contributed by atoms with Gasteiger partial charge in [0.1, 0.15) is 11.1 Å². The van der Waals surface area contributed by atoms with Crippen LogP contribution in [0.25, 0.3) is 0 Å². The highest BCUT2D eigenvalue weighted by Gasteiger charge is 2.22. The van der Waals surface area contributed by atoms with Crippen LogP contribution in [-0.4, -0.2) is 23.1 Å². The fraction of sp³-hybridized carbons (Fsp3) is 0.467. The maximum absolute atomic E-state index is 12.1. The Morgan fingerprint density at radius 1 is 1.45 bits per heavy atom. The van der Waals surface area contributed by atoms with Gasteiger partial charge in [-0.15, -0.1) is 0 Å². The predicted octanol–water partition coefficient (Wildman–Crippen LogP) is 2.61. The van der Waals surface area contributed by atoms with E-state index in [1.165, 1.54) is 12.8 Å². The Balaban J connectivity index is 1.92. The Labute approximate surface area is 124 Å². The zero-order chi connectivity index (χ0) is 14.5. The Morgan fingerprint density at radius 3 is 2.80 bits per heavy atom. The molecular weight excluding hydrogens is 272 g/mol. The topological polar surface area (TPSA) is 64.3 Å². The van der Waals surface area contributed by atoms with E-state index in [0.29, 0.717) is 10.7 Å². The number of nitrogens with two attached hydrogens (primary N) is 1. The van der Waals surface area contributed by atoms with Crippen molar-refractivity contribution in [2.24, 2.45) is 5.73 Å². The Hall–Kier alpha value is -1.46. The van der Waals surface area contributed by atoms with Gasteiger partial charge in [-0.25, -0.2) is 0 Å². The summed E-state index contributed by atoms with van der Waals surface area (Å²) >= 11 is 4.92. The van der Waals surface area contributed by atoms with E-state index >= 15 is 0 Å². The SMILES string of the molecule is CC(OC1CCCC1)C(=O)Nc1cccc(C(N)=S)c1. The predicted molar refractivity (Wildman–Crippen MR) is 83.8 cm³/mol. The molecule has 0 spiro atoms. The summed E-state index contributed by atoms with van der Waals surface area (Å²) in [5.41, 5.74) is 7.00. The number of anilines is 1. The molecule has 1 aromatic carbocycles. The molecule has 0 radical (unpaired) electrons. The van der Waals surface area contributed by atoms with Gasteiger partial charge < -0.3 is 15.8 Å². The van der Waals surface area contributed by atoms with Gasteiger partial charge in [0, 0.05) is 11.3 Å². The van der Waals surface area contributed by atoms with Crippen LogP contribution in [0.5, 0.6) is 0 Å². The van der Waals surface area contributed by atoms with Crippen molar-refractivity contribution in [1.82, 2.24) is 0 Å². The maximum Gasteiger partial charge on any atom is 0.253 e. The number of hydrogen-bond acceptors (Lipinski definition) is 3. The highest BCUT2D eigenvalue weighted by molar-refractivity contribution is 7.80. The van der Waals surface area contributed by atoms with E-state index in [2.05, 4.69) is 5.32 Å². The zero-order valence-electron chi connectivity index (χ0n) is 11.6. The van der Waals surface area contributed by atoms with Crippen molar-refractivity contribution in [3.05, 3.63) is 29.8 Å². The molecule has 1 saturated carbocycles. The third-order valence-electron chi connectivity index (χ3n) is 3.48. The lowest BCUT2D eigenvalue weighted by atomic mass is 10.2. The summed E-state index contributed by atoms with van der Waals surface area (Å²) in [7, 11) is 0. The molecular formula is C15H20N2O2S. The van der Waals surface area contributed by atoms with Crippen LogP contribution in [0.4, 0.5) is 5.69 Å². The lowest BCUT2D eigenvalue weighted by molar-refractivity contribution is -0.129. The number of amides is 1. The minimum Gasteiger partial charge on any atom is -0.389 e. The molecule has 5 heteroatoms. The van der Waals surface area contributed by atoms with E-state index in [1.54, 1.807) is 13.0 Å². The summed E-state index contributed by atoms with van der Waals surface area (Å²) in [6.07, 6.45) is 4.25.